The summed E-state index contributed by atoms with van der Waals surface area (Å²) in [6, 6.07) is 29.7. The Balaban J connectivity index is 0.000000210. The zero-order valence-corrected chi connectivity index (χ0v) is 23.2. The number of Topliss-reactive ketones (excluding diaryl/α,β-unsaturated/α-hetero) is 3. The molecule has 0 aliphatic rings. The number of ether oxygens (including phenoxy) is 3. The van der Waals surface area contributed by atoms with Crippen LogP contribution in [0.1, 0.15) is 51.8 Å². The number of methoxy groups -OCH3 is 3. The van der Waals surface area contributed by atoms with E-state index in [-0.39, 0.29) is 17.3 Å². The van der Waals surface area contributed by atoms with Crippen molar-refractivity contribution in [3.05, 3.63) is 114 Å². The van der Waals surface area contributed by atoms with Crippen molar-refractivity contribution in [2.45, 2.75) is 20.8 Å². The van der Waals surface area contributed by atoms with E-state index in [2.05, 4.69) is 0 Å². The molecule has 0 aliphatic heterocycles. The second-order valence-corrected chi connectivity index (χ2v) is 8.43. The fourth-order valence-corrected chi connectivity index (χ4v) is 3.33. The van der Waals surface area contributed by atoms with Gasteiger partial charge in [-0.15, -0.1) is 0 Å². The molecular formula is C33H34O6. The Labute approximate surface area is 230 Å². The molecule has 0 atom stereocenters. The first-order valence-electron chi connectivity index (χ1n) is 12.2. The molecule has 39 heavy (non-hydrogen) atoms. The van der Waals surface area contributed by atoms with E-state index in [1.807, 2.05) is 48.5 Å². The van der Waals surface area contributed by atoms with Gasteiger partial charge in [0.1, 0.15) is 17.2 Å². The maximum atomic E-state index is 10.8. The smallest absolute Gasteiger partial charge is 0.159 e. The van der Waals surface area contributed by atoms with Crippen molar-refractivity contribution in [1.82, 2.24) is 0 Å². The first-order valence-corrected chi connectivity index (χ1v) is 12.2. The number of carbonyl (C=O) groups excluding carboxylic acids is 3. The van der Waals surface area contributed by atoms with Crippen molar-refractivity contribution in [3.8, 4) is 28.4 Å². The van der Waals surface area contributed by atoms with E-state index < -0.39 is 0 Å². The third-order valence-corrected chi connectivity index (χ3v) is 5.71. The standard InChI is InChI=1S/C14H14O2.C10H10O2.C9H10O2/c1-15-13-7-3-11(4-8-13)12-5-9-14(16-2)10-6-12;1-7(11)9-3-5-10(6-4-9)8(2)12;1-7(10)8-3-5-9(11-2)6-4-8/h3-10H,1-2H3;3-6H,1-2H3;3-6H,1-2H3. The summed E-state index contributed by atoms with van der Waals surface area (Å²) in [6.45, 7) is 4.55. The van der Waals surface area contributed by atoms with Gasteiger partial charge >= 0.3 is 0 Å². The van der Waals surface area contributed by atoms with Crippen molar-refractivity contribution in [2.75, 3.05) is 21.3 Å². The van der Waals surface area contributed by atoms with Gasteiger partial charge in [0.2, 0.25) is 0 Å². The molecule has 0 saturated carbocycles. The van der Waals surface area contributed by atoms with Crippen LogP contribution in [-0.4, -0.2) is 38.7 Å². The molecule has 0 saturated heterocycles. The molecule has 0 radical (unpaired) electrons. The molecule has 0 spiro atoms. The van der Waals surface area contributed by atoms with E-state index in [0.717, 1.165) is 17.2 Å². The topological polar surface area (TPSA) is 78.9 Å². The monoisotopic (exact) mass is 526 g/mol. The molecule has 4 rings (SSSR count). The van der Waals surface area contributed by atoms with E-state index >= 15 is 0 Å². The highest BCUT2D eigenvalue weighted by molar-refractivity contribution is 5.97. The van der Waals surface area contributed by atoms with Crippen LogP contribution in [0.2, 0.25) is 0 Å². The van der Waals surface area contributed by atoms with Crippen molar-refractivity contribution in [2.24, 2.45) is 0 Å². The summed E-state index contributed by atoms with van der Waals surface area (Å²) in [7, 11) is 4.94. The summed E-state index contributed by atoms with van der Waals surface area (Å²) in [5.41, 5.74) is 4.33. The van der Waals surface area contributed by atoms with Crippen LogP contribution in [0.25, 0.3) is 11.1 Å². The van der Waals surface area contributed by atoms with E-state index in [9.17, 15) is 14.4 Å². The van der Waals surface area contributed by atoms with Crippen LogP contribution < -0.4 is 14.2 Å². The molecule has 6 heteroatoms. The SMILES string of the molecule is CC(=O)c1ccc(C(C)=O)cc1.COc1ccc(-c2ccc(OC)cc2)cc1.COc1ccc(C(C)=O)cc1. The highest BCUT2D eigenvalue weighted by Crippen LogP contribution is 2.24. The Morgan fingerprint density at radius 1 is 0.385 bits per heavy atom. The van der Waals surface area contributed by atoms with Crippen LogP contribution in [0.4, 0.5) is 0 Å². The lowest BCUT2D eigenvalue weighted by atomic mass is 10.1. The van der Waals surface area contributed by atoms with Crippen LogP contribution in [0.3, 0.4) is 0 Å². The lowest BCUT2D eigenvalue weighted by Crippen LogP contribution is -1.95. The summed E-state index contributed by atoms with van der Waals surface area (Å²) in [6.07, 6.45) is 0. The molecule has 0 aliphatic carbocycles. The van der Waals surface area contributed by atoms with Gasteiger partial charge in [0.25, 0.3) is 0 Å². The molecule has 0 unspecified atom stereocenters. The molecule has 0 heterocycles. The zero-order chi connectivity index (χ0) is 28.8. The molecule has 0 N–H and O–H groups in total. The molecule has 6 nitrogen and oxygen atoms in total. The lowest BCUT2D eigenvalue weighted by molar-refractivity contribution is 0.100. The highest BCUT2D eigenvalue weighted by atomic mass is 16.5. The van der Waals surface area contributed by atoms with E-state index in [0.29, 0.717) is 16.7 Å². The molecule has 202 valence electrons. The summed E-state index contributed by atoms with van der Waals surface area (Å²) >= 11 is 0. The molecule has 4 aromatic carbocycles. The van der Waals surface area contributed by atoms with Crippen LogP contribution in [0.5, 0.6) is 17.2 Å². The van der Waals surface area contributed by atoms with Crippen LogP contribution in [-0.2, 0) is 0 Å². The summed E-state index contributed by atoms with van der Waals surface area (Å²) in [5, 5.41) is 0. The minimum absolute atomic E-state index is 0.0186. The van der Waals surface area contributed by atoms with Crippen LogP contribution >= 0.6 is 0 Å². The molecule has 0 amide bonds. The second kappa shape index (κ2) is 15.5. The average molecular weight is 527 g/mol. The van der Waals surface area contributed by atoms with Gasteiger partial charge in [-0.1, -0.05) is 48.5 Å². The Morgan fingerprint density at radius 2 is 0.590 bits per heavy atom. The van der Waals surface area contributed by atoms with Crippen molar-refractivity contribution in [3.63, 3.8) is 0 Å². The minimum atomic E-state index is 0.0186. The maximum Gasteiger partial charge on any atom is 0.159 e. The quantitative estimate of drug-likeness (QED) is 0.234. The van der Waals surface area contributed by atoms with Crippen molar-refractivity contribution < 1.29 is 28.6 Å². The third kappa shape index (κ3) is 9.93. The number of ketones is 3. The fraction of sp³-hybridized carbons (Fsp3) is 0.182. The van der Waals surface area contributed by atoms with Gasteiger partial charge < -0.3 is 14.2 Å². The first kappa shape index (κ1) is 30.5. The number of benzene rings is 4. The number of carbonyl (C=O) groups is 3. The largest absolute Gasteiger partial charge is 0.497 e. The summed E-state index contributed by atoms with van der Waals surface area (Å²) < 4.78 is 15.2. The summed E-state index contributed by atoms with van der Waals surface area (Å²) in [4.78, 5) is 32.5. The van der Waals surface area contributed by atoms with Gasteiger partial charge in [0.05, 0.1) is 21.3 Å². The van der Waals surface area contributed by atoms with Gasteiger partial charge in [-0.2, -0.15) is 0 Å². The Bertz CT molecular complexity index is 1260. The molecule has 4 aromatic rings. The van der Waals surface area contributed by atoms with Gasteiger partial charge in [-0.25, -0.2) is 0 Å². The highest BCUT2D eigenvalue weighted by Gasteiger charge is 2.01. The Kier molecular flexibility index (Phi) is 12.1. The van der Waals surface area contributed by atoms with E-state index in [1.165, 1.54) is 25.0 Å². The number of hydrogen-bond acceptors (Lipinski definition) is 6. The van der Waals surface area contributed by atoms with Gasteiger partial charge in [-0.3, -0.25) is 14.4 Å². The van der Waals surface area contributed by atoms with Gasteiger partial charge in [0.15, 0.2) is 17.3 Å². The molecule has 0 bridgehead atoms. The fourth-order valence-electron chi connectivity index (χ4n) is 3.33. The molecule has 0 fully saturated rings. The van der Waals surface area contributed by atoms with Crippen LogP contribution in [0.15, 0.2) is 97.1 Å². The molecule has 0 aromatic heterocycles. The minimum Gasteiger partial charge on any atom is -0.497 e. The average Bonchev–Trinajstić information content (AvgIpc) is 2.98. The molecular weight excluding hydrogens is 492 g/mol. The zero-order valence-electron chi connectivity index (χ0n) is 23.2. The van der Waals surface area contributed by atoms with Gasteiger partial charge in [-0.05, 0) is 80.4 Å². The van der Waals surface area contributed by atoms with Gasteiger partial charge in [0, 0.05) is 16.7 Å². The maximum absolute atomic E-state index is 10.8. The normalized spacial score (nSPS) is 9.59. The predicted molar refractivity (Wildman–Crippen MR) is 154 cm³/mol. The van der Waals surface area contributed by atoms with Crippen molar-refractivity contribution >= 4 is 17.3 Å². The Hall–Kier alpha value is -4.71. The van der Waals surface area contributed by atoms with Crippen LogP contribution in [0, 0.1) is 0 Å². The third-order valence-electron chi connectivity index (χ3n) is 5.71. The Morgan fingerprint density at radius 3 is 0.795 bits per heavy atom. The number of hydrogen-bond donors (Lipinski definition) is 0. The second-order valence-electron chi connectivity index (χ2n) is 8.43. The number of rotatable bonds is 7. The van der Waals surface area contributed by atoms with Crippen molar-refractivity contribution in [1.29, 1.82) is 0 Å². The van der Waals surface area contributed by atoms with E-state index in [4.69, 9.17) is 14.2 Å². The lowest BCUT2D eigenvalue weighted by Gasteiger charge is -2.05. The first-order chi connectivity index (χ1) is 18.7. The van der Waals surface area contributed by atoms with E-state index in [1.54, 1.807) is 76.8 Å². The predicted octanol–water partition coefficient (Wildman–Crippen LogP) is 7.36. The summed E-state index contributed by atoms with van der Waals surface area (Å²) in [5.74, 6) is 2.63.